The van der Waals surface area contributed by atoms with Gasteiger partial charge in [0.25, 0.3) is 0 Å². The minimum absolute atomic E-state index is 0.808. The lowest BCUT2D eigenvalue weighted by molar-refractivity contribution is 0.479. The lowest BCUT2D eigenvalue weighted by Gasteiger charge is -2.22. The molecule has 20 heavy (non-hydrogen) atoms. The number of fused-ring (bicyclic) bond motifs is 1. The van der Waals surface area contributed by atoms with Crippen molar-refractivity contribution < 1.29 is 0 Å². The summed E-state index contributed by atoms with van der Waals surface area (Å²) in [6.45, 7) is 0.808. The number of para-hydroxylation sites is 2. The Balaban J connectivity index is 1.91. The van der Waals surface area contributed by atoms with Crippen LogP contribution in [-0.2, 0) is 6.42 Å². The van der Waals surface area contributed by atoms with Crippen LogP contribution in [0, 0.1) is 0 Å². The van der Waals surface area contributed by atoms with Crippen LogP contribution in [0.1, 0.15) is 12.2 Å². The minimum atomic E-state index is 0.808. The molecule has 2 rings (SSSR count). The number of aromatic nitrogens is 2. The maximum Gasteiger partial charge on any atom is 0.195 e. The van der Waals surface area contributed by atoms with Gasteiger partial charge in [-0.05, 0) is 18.6 Å². The van der Waals surface area contributed by atoms with E-state index in [0.29, 0.717) is 0 Å². The normalized spacial score (nSPS) is 10.6. The van der Waals surface area contributed by atoms with Gasteiger partial charge in [-0.15, -0.1) is 0 Å². The summed E-state index contributed by atoms with van der Waals surface area (Å²) in [6.07, 6.45) is 1.91. The van der Waals surface area contributed by atoms with Gasteiger partial charge in [-0.2, -0.15) is 0 Å². The highest BCUT2D eigenvalue weighted by Crippen LogP contribution is 2.11. The second kappa shape index (κ2) is 6.41. The molecule has 0 atom stereocenters. The van der Waals surface area contributed by atoms with Crippen molar-refractivity contribution in [1.82, 2.24) is 19.8 Å². The predicted octanol–water partition coefficient (Wildman–Crippen LogP) is 1.97. The second-order valence-electron chi connectivity index (χ2n) is 5.27. The van der Waals surface area contributed by atoms with E-state index in [1.54, 1.807) is 0 Å². The van der Waals surface area contributed by atoms with Gasteiger partial charge in [0, 0.05) is 41.2 Å². The number of aliphatic imine (C=N–C) groups is 1. The van der Waals surface area contributed by atoms with E-state index >= 15 is 0 Å². The van der Waals surface area contributed by atoms with Gasteiger partial charge in [-0.3, -0.25) is 4.99 Å². The predicted molar refractivity (Wildman–Crippen MR) is 84.1 cm³/mol. The molecule has 0 aliphatic rings. The quantitative estimate of drug-likeness (QED) is 0.526. The highest BCUT2D eigenvalue weighted by molar-refractivity contribution is 5.79. The van der Waals surface area contributed by atoms with Crippen LogP contribution in [0.4, 0.5) is 0 Å². The summed E-state index contributed by atoms with van der Waals surface area (Å²) in [4.78, 5) is 16.6. The molecule has 1 heterocycles. The number of imidazole rings is 1. The van der Waals surface area contributed by atoms with Gasteiger partial charge < -0.3 is 14.8 Å². The number of nitrogens with one attached hydrogen (secondary N) is 1. The molecule has 0 radical (unpaired) electrons. The van der Waals surface area contributed by atoms with Crippen LogP contribution in [-0.4, -0.2) is 60.5 Å². The van der Waals surface area contributed by atoms with Crippen molar-refractivity contribution in [3.8, 4) is 0 Å². The fourth-order valence-corrected chi connectivity index (χ4v) is 2.23. The van der Waals surface area contributed by atoms with E-state index in [1.807, 2.05) is 56.2 Å². The highest BCUT2D eigenvalue weighted by Gasteiger charge is 2.04. The fraction of sp³-hybridized carbons (Fsp3) is 0.467. The molecule has 0 fully saturated rings. The van der Waals surface area contributed by atoms with Crippen LogP contribution < -0.4 is 0 Å². The molecule has 0 aliphatic carbocycles. The van der Waals surface area contributed by atoms with Crippen molar-refractivity contribution >= 4 is 17.0 Å². The zero-order chi connectivity index (χ0) is 14.5. The number of hydrogen-bond donors (Lipinski definition) is 1. The lowest BCUT2D eigenvalue weighted by Crippen LogP contribution is -2.35. The van der Waals surface area contributed by atoms with Crippen LogP contribution in [0.2, 0.25) is 0 Å². The van der Waals surface area contributed by atoms with E-state index in [1.165, 1.54) is 0 Å². The van der Waals surface area contributed by atoms with E-state index in [-0.39, 0.29) is 0 Å². The average Bonchev–Trinajstić information content (AvgIpc) is 2.80. The van der Waals surface area contributed by atoms with Gasteiger partial charge >= 0.3 is 0 Å². The third-order valence-corrected chi connectivity index (χ3v) is 3.06. The largest absolute Gasteiger partial charge is 0.349 e. The zero-order valence-electron chi connectivity index (χ0n) is 12.7. The van der Waals surface area contributed by atoms with Gasteiger partial charge in [0.2, 0.25) is 0 Å². The summed E-state index contributed by atoms with van der Waals surface area (Å²) in [5.41, 5.74) is 2.14. The number of aryl methyl sites for hydroxylation is 1. The first-order valence-electron chi connectivity index (χ1n) is 6.90. The molecule has 108 valence electrons. The molecule has 5 nitrogen and oxygen atoms in total. The third kappa shape index (κ3) is 3.50. The standard InChI is InChI=1S/C15H23N5/c1-19(2)15(20(3)4)16-11-7-10-14-17-12-8-5-6-9-13(12)18-14/h5-6,8-9H,7,10-11H2,1-4H3,(H,17,18). The average molecular weight is 273 g/mol. The Bertz CT molecular complexity index is 540. The fourth-order valence-electron chi connectivity index (χ4n) is 2.23. The molecule has 2 aromatic rings. The summed E-state index contributed by atoms with van der Waals surface area (Å²) >= 11 is 0. The zero-order valence-corrected chi connectivity index (χ0v) is 12.7. The van der Waals surface area contributed by atoms with Gasteiger partial charge in [0.1, 0.15) is 5.82 Å². The summed E-state index contributed by atoms with van der Waals surface area (Å²) in [6, 6.07) is 8.12. The molecule has 0 unspecified atom stereocenters. The van der Waals surface area contributed by atoms with E-state index in [4.69, 9.17) is 0 Å². The molecule has 1 aromatic carbocycles. The first-order chi connectivity index (χ1) is 9.58. The van der Waals surface area contributed by atoms with E-state index in [0.717, 1.165) is 42.2 Å². The van der Waals surface area contributed by atoms with Gasteiger partial charge in [0.15, 0.2) is 5.96 Å². The summed E-state index contributed by atoms with van der Waals surface area (Å²) in [5, 5.41) is 0. The summed E-state index contributed by atoms with van der Waals surface area (Å²) < 4.78 is 0. The molecule has 0 spiro atoms. The SMILES string of the molecule is CN(C)C(=NCCCc1nc2ccccc2[nH]1)N(C)C. The Kier molecular flexibility index (Phi) is 4.61. The number of hydrogen-bond acceptors (Lipinski definition) is 2. The molecule has 5 heteroatoms. The van der Waals surface area contributed by atoms with Crippen molar-refractivity contribution in [2.45, 2.75) is 12.8 Å². The van der Waals surface area contributed by atoms with E-state index in [2.05, 4.69) is 21.0 Å². The Morgan fingerprint density at radius 2 is 1.85 bits per heavy atom. The molecular weight excluding hydrogens is 250 g/mol. The van der Waals surface area contributed by atoms with Crippen LogP contribution in [0.15, 0.2) is 29.3 Å². The summed E-state index contributed by atoms with van der Waals surface area (Å²) in [5.74, 6) is 2.03. The van der Waals surface area contributed by atoms with Crippen LogP contribution in [0.3, 0.4) is 0 Å². The second-order valence-corrected chi connectivity index (χ2v) is 5.27. The van der Waals surface area contributed by atoms with Crippen molar-refractivity contribution in [1.29, 1.82) is 0 Å². The molecule has 0 saturated carbocycles. The minimum Gasteiger partial charge on any atom is -0.349 e. The van der Waals surface area contributed by atoms with Crippen LogP contribution >= 0.6 is 0 Å². The molecule has 0 saturated heterocycles. The number of H-pyrrole nitrogens is 1. The third-order valence-electron chi connectivity index (χ3n) is 3.06. The first kappa shape index (κ1) is 14.4. The lowest BCUT2D eigenvalue weighted by atomic mass is 10.3. The number of rotatable bonds is 4. The maximum atomic E-state index is 4.62. The smallest absolute Gasteiger partial charge is 0.195 e. The van der Waals surface area contributed by atoms with Gasteiger partial charge in [-0.1, -0.05) is 12.1 Å². The number of nitrogens with zero attached hydrogens (tertiary/aromatic N) is 4. The van der Waals surface area contributed by atoms with Crippen molar-refractivity contribution in [3.63, 3.8) is 0 Å². The molecular formula is C15H23N5. The first-order valence-corrected chi connectivity index (χ1v) is 6.90. The van der Waals surface area contributed by atoms with Crippen molar-refractivity contribution in [3.05, 3.63) is 30.1 Å². The molecule has 0 amide bonds. The molecule has 1 N–H and O–H groups in total. The van der Waals surface area contributed by atoms with E-state index in [9.17, 15) is 0 Å². The Hall–Kier alpha value is -2.04. The molecule has 0 bridgehead atoms. The van der Waals surface area contributed by atoms with Crippen LogP contribution in [0.5, 0.6) is 0 Å². The highest BCUT2D eigenvalue weighted by atomic mass is 15.3. The van der Waals surface area contributed by atoms with Crippen molar-refractivity contribution in [2.75, 3.05) is 34.7 Å². The molecule has 1 aromatic heterocycles. The Morgan fingerprint density at radius 1 is 1.15 bits per heavy atom. The topological polar surface area (TPSA) is 47.5 Å². The molecule has 0 aliphatic heterocycles. The van der Waals surface area contributed by atoms with Crippen molar-refractivity contribution in [2.24, 2.45) is 4.99 Å². The number of aromatic amines is 1. The van der Waals surface area contributed by atoms with Crippen LogP contribution in [0.25, 0.3) is 11.0 Å². The summed E-state index contributed by atoms with van der Waals surface area (Å²) in [7, 11) is 8.05. The number of guanidine groups is 1. The number of benzene rings is 1. The monoisotopic (exact) mass is 273 g/mol. The van der Waals surface area contributed by atoms with E-state index < -0.39 is 0 Å². The van der Waals surface area contributed by atoms with Gasteiger partial charge in [-0.25, -0.2) is 4.98 Å². The maximum absolute atomic E-state index is 4.62. The van der Waals surface area contributed by atoms with Gasteiger partial charge in [0.05, 0.1) is 11.0 Å². The Labute approximate surface area is 120 Å². The Morgan fingerprint density at radius 3 is 2.50 bits per heavy atom.